The summed E-state index contributed by atoms with van der Waals surface area (Å²) in [6, 6.07) is 0. The van der Waals surface area contributed by atoms with Gasteiger partial charge in [0.1, 0.15) is 11.4 Å². The van der Waals surface area contributed by atoms with Gasteiger partial charge in [0, 0.05) is 18.6 Å². The zero-order valence-electron chi connectivity index (χ0n) is 15.6. The summed E-state index contributed by atoms with van der Waals surface area (Å²) < 4.78 is 5.51. The van der Waals surface area contributed by atoms with Crippen LogP contribution in [0.4, 0.5) is 4.79 Å². The van der Waals surface area contributed by atoms with Crippen LogP contribution in [0.15, 0.2) is 5.22 Å². The maximum absolute atomic E-state index is 12.4. The molecule has 1 saturated heterocycles. The summed E-state index contributed by atoms with van der Waals surface area (Å²) in [5, 5.41) is 12.3. The smallest absolute Gasteiger partial charge is 0.410 e. The van der Waals surface area contributed by atoms with E-state index in [0.29, 0.717) is 19.0 Å². The number of amides is 1. The molecule has 1 heterocycles. The number of rotatable bonds is 6. The highest BCUT2D eigenvalue weighted by Gasteiger charge is 2.42. The van der Waals surface area contributed by atoms with Gasteiger partial charge < -0.3 is 15.4 Å². The minimum absolute atomic E-state index is 0.0747. The van der Waals surface area contributed by atoms with Crippen LogP contribution in [0, 0.1) is 16.9 Å². The van der Waals surface area contributed by atoms with Crippen LogP contribution in [-0.4, -0.2) is 52.6 Å². The monoisotopic (exact) mass is 340 g/mol. The van der Waals surface area contributed by atoms with Gasteiger partial charge in [0.2, 0.25) is 0 Å². The molecule has 0 aliphatic carbocycles. The predicted octanol–water partition coefficient (Wildman–Crippen LogP) is 2.99. The van der Waals surface area contributed by atoms with Gasteiger partial charge in [-0.05, 0) is 59.8 Å². The fraction of sp³-hybridized carbons (Fsp3) is 0.875. The Bertz CT molecular complexity index is 472. The first-order valence-electron chi connectivity index (χ1n) is 8.43. The number of nitrogens with one attached hydrogen (secondary N) is 2. The second kappa shape index (κ2) is 7.92. The van der Waals surface area contributed by atoms with Crippen molar-refractivity contribution in [2.75, 3.05) is 19.6 Å². The van der Waals surface area contributed by atoms with Crippen molar-refractivity contribution in [3.8, 4) is 0 Å². The minimum atomic E-state index is -0.496. The van der Waals surface area contributed by atoms with Crippen molar-refractivity contribution >= 4 is 11.9 Å². The van der Waals surface area contributed by atoms with E-state index in [9.17, 15) is 4.79 Å². The third-order valence-corrected chi connectivity index (χ3v) is 4.18. The molecule has 1 fully saturated rings. The molecule has 1 aliphatic rings. The Morgan fingerprint density at radius 2 is 2.08 bits per heavy atom. The van der Waals surface area contributed by atoms with Gasteiger partial charge in [0.15, 0.2) is 0 Å². The fourth-order valence-corrected chi connectivity index (χ4v) is 3.10. The quantitative estimate of drug-likeness (QED) is 0.298. The van der Waals surface area contributed by atoms with E-state index in [1.807, 2.05) is 25.7 Å². The second-order valence-electron chi connectivity index (χ2n) is 7.99. The SMILES string of the molecule is CC(C)(C)OC(=O)N1CC(CCCN(N=N)C(=N)CN)CC1(C)C. The van der Waals surface area contributed by atoms with Crippen molar-refractivity contribution < 1.29 is 9.53 Å². The zero-order valence-corrected chi connectivity index (χ0v) is 15.6. The first-order chi connectivity index (χ1) is 11.0. The third kappa shape index (κ3) is 5.74. The average molecular weight is 340 g/mol. The van der Waals surface area contributed by atoms with Crippen LogP contribution in [0.1, 0.15) is 53.9 Å². The number of nitrogens with zero attached hydrogens (tertiary/aromatic N) is 3. The molecule has 8 heteroatoms. The van der Waals surface area contributed by atoms with E-state index < -0.39 is 5.60 Å². The number of amidine groups is 1. The standard InChI is InChI=1S/C16H32N6O2/c1-15(2,3)24-14(23)21-11-12(9-16(21,4)5)7-6-8-22(20-19)13(18)10-17/h12,18-19H,6-11,17H2,1-5H3. The molecule has 1 atom stereocenters. The largest absolute Gasteiger partial charge is 0.444 e. The molecule has 0 spiro atoms. The summed E-state index contributed by atoms with van der Waals surface area (Å²) in [6.45, 7) is 11.0. The van der Waals surface area contributed by atoms with Crippen molar-refractivity contribution in [2.45, 2.75) is 65.0 Å². The molecular weight excluding hydrogens is 308 g/mol. The number of hydrogen-bond donors (Lipinski definition) is 3. The molecule has 0 radical (unpaired) electrons. The van der Waals surface area contributed by atoms with Gasteiger partial charge in [0.25, 0.3) is 0 Å². The van der Waals surface area contributed by atoms with Crippen molar-refractivity contribution in [1.82, 2.24) is 9.91 Å². The number of carbonyl (C=O) groups excluding carboxylic acids is 1. The van der Waals surface area contributed by atoms with Crippen molar-refractivity contribution in [2.24, 2.45) is 16.9 Å². The number of likely N-dealkylation sites (tertiary alicyclic amines) is 1. The molecular formula is C16H32N6O2. The lowest BCUT2D eigenvalue weighted by molar-refractivity contribution is 0.0131. The molecule has 1 aliphatic heterocycles. The van der Waals surface area contributed by atoms with E-state index in [4.69, 9.17) is 21.4 Å². The van der Waals surface area contributed by atoms with Gasteiger partial charge in [-0.15, -0.1) is 0 Å². The Morgan fingerprint density at radius 3 is 2.58 bits per heavy atom. The highest BCUT2D eigenvalue weighted by atomic mass is 16.6. The van der Waals surface area contributed by atoms with Crippen molar-refractivity contribution in [3.63, 3.8) is 0 Å². The van der Waals surface area contributed by atoms with Gasteiger partial charge in [0.05, 0.1) is 6.54 Å². The van der Waals surface area contributed by atoms with Crippen LogP contribution in [0.25, 0.3) is 0 Å². The highest BCUT2D eigenvalue weighted by Crippen LogP contribution is 2.36. The summed E-state index contributed by atoms with van der Waals surface area (Å²) in [5.41, 5.74) is 11.8. The first kappa shape index (κ1) is 20.3. The van der Waals surface area contributed by atoms with Crippen LogP contribution >= 0.6 is 0 Å². The Balaban J connectivity index is 2.54. The maximum Gasteiger partial charge on any atom is 0.410 e. The Morgan fingerprint density at radius 1 is 1.46 bits per heavy atom. The molecule has 24 heavy (non-hydrogen) atoms. The maximum atomic E-state index is 12.4. The number of hydrogen-bond acceptors (Lipinski definition) is 6. The summed E-state index contributed by atoms with van der Waals surface area (Å²) in [6.07, 6.45) is 2.36. The summed E-state index contributed by atoms with van der Waals surface area (Å²) in [4.78, 5) is 14.2. The average Bonchev–Trinajstić information content (AvgIpc) is 2.76. The molecule has 1 amide bonds. The van der Waals surface area contributed by atoms with Gasteiger partial charge in [-0.25, -0.2) is 9.80 Å². The van der Waals surface area contributed by atoms with Crippen LogP contribution < -0.4 is 5.73 Å². The van der Waals surface area contributed by atoms with Gasteiger partial charge in [-0.2, -0.15) is 5.53 Å². The molecule has 0 saturated carbocycles. The van der Waals surface area contributed by atoms with Crippen molar-refractivity contribution in [3.05, 3.63) is 0 Å². The molecule has 0 aromatic rings. The van der Waals surface area contributed by atoms with E-state index in [2.05, 4.69) is 19.1 Å². The van der Waals surface area contributed by atoms with Gasteiger partial charge >= 0.3 is 6.09 Å². The third-order valence-electron chi connectivity index (χ3n) is 4.18. The van der Waals surface area contributed by atoms with E-state index in [0.717, 1.165) is 19.3 Å². The van der Waals surface area contributed by atoms with Crippen LogP contribution in [0.2, 0.25) is 0 Å². The molecule has 1 unspecified atom stereocenters. The normalized spacial score (nSPS) is 19.9. The molecule has 4 N–H and O–H groups in total. The summed E-state index contributed by atoms with van der Waals surface area (Å²) in [7, 11) is 0. The van der Waals surface area contributed by atoms with E-state index in [1.54, 1.807) is 0 Å². The van der Waals surface area contributed by atoms with Gasteiger partial charge in [-0.3, -0.25) is 5.41 Å². The fourth-order valence-electron chi connectivity index (χ4n) is 3.10. The Labute approximate surface area is 144 Å². The van der Waals surface area contributed by atoms with Crippen LogP contribution in [0.3, 0.4) is 0 Å². The first-order valence-corrected chi connectivity index (χ1v) is 8.43. The highest BCUT2D eigenvalue weighted by molar-refractivity contribution is 5.80. The second-order valence-corrected chi connectivity index (χ2v) is 7.99. The molecule has 0 aromatic heterocycles. The lowest BCUT2D eigenvalue weighted by Gasteiger charge is -2.33. The van der Waals surface area contributed by atoms with E-state index in [1.165, 1.54) is 5.01 Å². The van der Waals surface area contributed by atoms with Gasteiger partial charge in [-0.1, -0.05) is 5.22 Å². The number of ether oxygens (including phenoxy) is 1. The van der Waals surface area contributed by atoms with Crippen molar-refractivity contribution in [1.29, 1.82) is 10.9 Å². The number of nitrogens with two attached hydrogens (primary N) is 1. The predicted molar refractivity (Wildman–Crippen MR) is 93.0 cm³/mol. The Hall–Kier alpha value is -1.70. The lowest BCUT2D eigenvalue weighted by atomic mass is 9.93. The van der Waals surface area contributed by atoms with E-state index >= 15 is 0 Å². The molecule has 1 rings (SSSR count). The molecule has 138 valence electrons. The Kier molecular flexibility index (Phi) is 6.71. The zero-order chi connectivity index (χ0) is 18.5. The number of carbonyl (C=O) groups is 1. The lowest BCUT2D eigenvalue weighted by Crippen LogP contribution is -2.45. The molecule has 8 nitrogen and oxygen atoms in total. The summed E-state index contributed by atoms with van der Waals surface area (Å²) >= 11 is 0. The topological polar surface area (TPSA) is 119 Å². The van der Waals surface area contributed by atoms with Crippen LogP contribution in [0.5, 0.6) is 0 Å². The summed E-state index contributed by atoms with van der Waals surface area (Å²) in [5.74, 6) is 0.527. The van der Waals surface area contributed by atoms with Crippen LogP contribution in [-0.2, 0) is 4.74 Å². The van der Waals surface area contributed by atoms with E-state index in [-0.39, 0.29) is 24.0 Å². The minimum Gasteiger partial charge on any atom is -0.444 e. The molecule has 0 bridgehead atoms. The molecule has 0 aromatic carbocycles.